The summed E-state index contributed by atoms with van der Waals surface area (Å²) in [7, 11) is 1.67. The third kappa shape index (κ3) is 7.11. The van der Waals surface area contributed by atoms with Crippen LogP contribution in [0.4, 0.5) is 0 Å². The smallest absolute Gasteiger partial charge is 0.223 e. The number of carbonyl (C=O) groups excluding carboxylic acids is 1. The number of rotatable bonds is 12. The van der Waals surface area contributed by atoms with Gasteiger partial charge in [0.15, 0.2) is 0 Å². The summed E-state index contributed by atoms with van der Waals surface area (Å²) >= 11 is 0. The normalized spacial score (nSPS) is 23.1. The Labute approximate surface area is 254 Å². The molecule has 2 heterocycles. The number of carbonyl (C=O) groups is 1. The standard InChI is InChI=1S/C37H53NO4/c1-22(2)17-32-35(42-26(9)37-30(24(5)6)18-28(23(3)4)19-31(37)25(7)8)20-33-34(15-16-36(39)38(32)33)41-21-27-11-13-29(40-10)14-12-27/h11-14,18-19,23-26,32-35H,1,15-17,20-21H2,2-10H3/t26-,32+,33-,34-,35+/m1/s1. The molecule has 0 aliphatic carbocycles. The first-order chi connectivity index (χ1) is 19.9. The number of nitrogens with zero attached hydrogens (tertiary/aromatic N) is 1. The Balaban J connectivity index is 1.61. The highest BCUT2D eigenvalue weighted by Gasteiger charge is 2.50. The predicted octanol–water partition coefficient (Wildman–Crippen LogP) is 8.83. The van der Waals surface area contributed by atoms with E-state index < -0.39 is 0 Å². The number of ether oxygens (including phenoxy) is 3. The molecule has 0 N–H and O–H groups in total. The van der Waals surface area contributed by atoms with Crippen molar-refractivity contribution in [3.8, 4) is 5.75 Å². The lowest BCUT2D eigenvalue weighted by Gasteiger charge is -2.39. The highest BCUT2D eigenvalue weighted by molar-refractivity contribution is 5.78. The summed E-state index contributed by atoms with van der Waals surface area (Å²) in [5, 5.41) is 0. The Kier molecular flexibility index (Phi) is 10.6. The van der Waals surface area contributed by atoms with Crippen LogP contribution >= 0.6 is 0 Å². The van der Waals surface area contributed by atoms with Gasteiger partial charge >= 0.3 is 0 Å². The molecule has 0 unspecified atom stereocenters. The maximum atomic E-state index is 13.4. The topological polar surface area (TPSA) is 48.0 Å². The average Bonchev–Trinajstić information content (AvgIpc) is 3.29. The zero-order valence-corrected chi connectivity index (χ0v) is 27.4. The Morgan fingerprint density at radius 2 is 1.57 bits per heavy atom. The molecule has 5 atom stereocenters. The lowest BCUT2D eigenvalue weighted by Crippen LogP contribution is -2.52. The van der Waals surface area contributed by atoms with Crippen molar-refractivity contribution in [2.24, 2.45) is 0 Å². The van der Waals surface area contributed by atoms with Gasteiger partial charge in [-0.2, -0.15) is 0 Å². The highest BCUT2D eigenvalue weighted by atomic mass is 16.5. The van der Waals surface area contributed by atoms with Crippen molar-refractivity contribution in [2.75, 3.05) is 7.11 Å². The first kappa shape index (κ1) is 32.3. The number of fused-ring (bicyclic) bond motifs is 1. The second-order valence-corrected chi connectivity index (χ2v) is 13.5. The summed E-state index contributed by atoms with van der Waals surface area (Å²) < 4.78 is 18.9. The van der Waals surface area contributed by atoms with Crippen molar-refractivity contribution in [1.82, 2.24) is 4.90 Å². The molecule has 5 nitrogen and oxygen atoms in total. The molecule has 0 bridgehead atoms. The van der Waals surface area contributed by atoms with E-state index in [1.807, 2.05) is 24.3 Å². The maximum Gasteiger partial charge on any atom is 0.223 e. The molecule has 2 fully saturated rings. The van der Waals surface area contributed by atoms with Crippen molar-refractivity contribution in [3.05, 3.63) is 76.4 Å². The molecule has 0 saturated carbocycles. The van der Waals surface area contributed by atoms with Crippen LogP contribution in [0.25, 0.3) is 0 Å². The average molecular weight is 576 g/mol. The van der Waals surface area contributed by atoms with E-state index in [0.29, 0.717) is 30.8 Å². The fraction of sp³-hybridized carbons (Fsp3) is 0.595. The zero-order chi connectivity index (χ0) is 30.7. The summed E-state index contributed by atoms with van der Waals surface area (Å²) in [5.41, 5.74) is 7.64. The van der Waals surface area contributed by atoms with Gasteiger partial charge in [0.25, 0.3) is 0 Å². The van der Waals surface area contributed by atoms with Crippen LogP contribution in [0.5, 0.6) is 5.75 Å². The number of amides is 1. The molecule has 2 aromatic rings. The molecule has 2 aromatic carbocycles. The summed E-state index contributed by atoms with van der Waals surface area (Å²) in [6.07, 6.45) is 2.57. The second kappa shape index (κ2) is 13.8. The van der Waals surface area contributed by atoms with Gasteiger partial charge < -0.3 is 19.1 Å². The van der Waals surface area contributed by atoms with Crippen LogP contribution in [0.2, 0.25) is 0 Å². The van der Waals surface area contributed by atoms with Gasteiger partial charge in [-0.1, -0.05) is 71.4 Å². The molecule has 0 radical (unpaired) electrons. The first-order valence-corrected chi connectivity index (χ1v) is 15.9. The van der Waals surface area contributed by atoms with E-state index >= 15 is 0 Å². The maximum absolute atomic E-state index is 13.4. The van der Waals surface area contributed by atoms with Gasteiger partial charge in [-0.15, -0.1) is 6.58 Å². The van der Waals surface area contributed by atoms with E-state index in [0.717, 1.165) is 36.1 Å². The Morgan fingerprint density at radius 1 is 0.952 bits per heavy atom. The van der Waals surface area contributed by atoms with E-state index in [1.54, 1.807) is 7.11 Å². The summed E-state index contributed by atoms with van der Waals surface area (Å²) in [4.78, 5) is 15.5. The minimum Gasteiger partial charge on any atom is -0.497 e. The SMILES string of the molecule is C=C(C)C[C@H]1[C@@H](O[C@H](C)c2c(C(C)C)cc(C(C)C)cc2C(C)C)C[C@@H]2[C@H](OCc3ccc(OC)cc3)CCC(=O)N21. The fourth-order valence-electron chi connectivity index (χ4n) is 6.89. The molecule has 2 aliphatic heterocycles. The van der Waals surface area contributed by atoms with Crippen LogP contribution in [-0.2, 0) is 20.9 Å². The Hall–Kier alpha value is -2.63. The number of hydrogen-bond acceptors (Lipinski definition) is 4. The molecule has 4 rings (SSSR count). The van der Waals surface area contributed by atoms with Gasteiger partial charge in [-0.3, -0.25) is 4.79 Å². The fourth-order valence-corrected chi connectivity index (χ4v) is 6.89. The van der Waals surface area contributed by atoms with Gasteiger partial charge in [-0.25, -0.2) is 0 Å². The van der Waals surface area contributed by atoms with Crippen LogP contribution in [-0.4, -0.2) is 42.2 Å². The summed E-state index contributed by atoms with van der Waals surface area (Å²) in [6, 6.07) is 12.8. The van der Waals surface area contributed by atoms with E-state index in [4.69, 9.17) is 14.2 Å². The molecule has 2 saturated heterocycles. The molecule has 5 heteroatoms. The minimum atomic E-state index is -0.0891. The molecule has 1 amide bonds. The Morgan fingerprint density at radius 3 is 2.10 bits per heavy atom. The van der Waals surface area contributed by atoms with Gasteiger partial charge in [0.2, 0.25) is 5.91 Å². The Bertz CT molecular complexity index is 1200. The molecule has 42 heavy (non-hydrogen) atoms. The van der Waals surface area contributed by atoms with Gasteiger partial charge in [-0.05, 0) is 90.8 Å². The molecular formula is C37H53NO4. The third-order valence-corrected chi connectivity index (χ3v) is 9.12. The van der Waals surface area contributed by atoms with Crippen molar-refractivity contribution >= 4 is 5.91 Å². The minimum absolute atomic E-state index is 0.00324. The van der Waals surface area contributed by atoms with Crippen LogP contribution in [0, 0.1) is 0 Å². The van der Waals surface area contributed by atoms with E-state index in [2.05, 4.69) is 79.0 Å². The molecule has 230 valence electrons. The zero-order valence-electron chi connectivity index (χ0n) is 27.4. The number of hydrogen-bond donors (Lipinski definition) is 0. The summed E-state index contributed by atoms with van der Waals surface area (Å²) in [6.45, 7) is 22.7. The number of methoxy groups -OCH3 is 1. The van der Waals surface area contributed by atoms with Gasteiger partial charge in [0, 0.05) is 6.42 Å². The van der Waals surface area contributed by atoms with Gasteiger partial charge in [0.1, 0.15) is 5.75 Å². The summed E-state index contributed by atoms with van der Waals surface area (Å²) in [5.74, 6) is 2.29. The lowest BCUT2D eigenvalue weighted by molar-refractivity contribution is -0.146. The predicted molar refractivity (Wildman–Crippen MR) is 171 cm³/mol. The molecule has 0 aromatic heterocycles. The van der Waals surface area contributed by atoms with E-state index in [1.165, 1.54) is 22.3 Å². The lowest BCUT2D eigenvalue weighted by atomic mass is 9.82. The van der Waals surface area contributed by atoms with E-state index in [-0.39, 0.29) is 36.3 Å². The van der Waals surface area contributed by atoms with Crippen LogP contribution < -0.4 is 4.74 Å². The molecule has 0 spiro atoms. The van der Waals surface area contributed by atoms with Gasteiger partial charge in [0.05, 0.1) is 44.1 Å². The van der Waals surface area contributed by atoms with Crippen molar-refractivity contribution in [2.45, 2.75) is 136 Å². The first-order valence-electron chi connectivity index (χ1n) is 15.9. The van der Waals surface area contributed by atoms with Crippen LogP contribution in [0.1, 0.15) is 133 Å². The number of piperidine rings is 1. The molecular weight excluding hydrogens is 522 g/mol. The largest absolute Gasteiger partial charge is 0.497 e. The van der Waals surface area contributed by atoms with Crippen molar-refractivity contribution in [1.29, 1.82) is 0 Å². The van der Waals surface area contributed by atoms with Crippen molar-refractivity contribution < 1.29 is 19.0 Å². The third-order valence-electron chi connectivity index (χ3n) is 9.12. The van der Waals surface area contributed by atoms with Crippen LogP contribution in [0.15, 0.2) is 48.6 Å². The second-order valence-electron chi connectivity index (χ2n) is 13.5. The monoisotopic (exact) mass is 575 g/mol. The van der Waals surface area contributed by atoms with E-state index in [9.17, 15) is 4.79 Å². The number of benzene rings is 2. The highest BCUT2D eigenvalue weighted by Crippen LogP contribution is 2.42. The van der Waals surface area contributed by atoms with Crippen LogP contribution in [0.3, 0.4) is 0 Å². The van der Waals surface area contributed by atoms with Crippen molar-refractivity contribution in [3.63, 3.8) is 0 Å². The quantitative estimate of drug-likeness (QED) is 0.237. The molecule has 2 aliphatic rings.